The second kappa shape index (κ2) is 27.0. The smallest absolute Gasteiger partial charge is 0.160 e. The van der Waals surface area contributed by atoms with Gasteiger partial charge in [0.25, 0.3) is 0 Å². The third-order valence-electron chi connectivity index (χ3n) is 22.4. The van der Waals surface area contributed by atoms with Gasteiger partial charge in [0.1, 0.15) is 11.2 Å². The molecule has 0 radical (unpaired) electrons. The van der Waals surface area contributed by atoms with Crippen molar-refractivity contribution in [2.45, 2.75) is 0 Å². The fraction of sp³-hybridized carbons (Fsp3) is 0. The number of hydrogen-bond acceptors (Lipinski definition) is 9. The van der Waals surface area contributed by atoms with Gasteiger partial charge in [-0.15, -0.1) is 45.3 Å². The van der Waals surface area contributed by atoms with Gasteiger partial charge in [0, 0.05) is 122 Å². The Morgan fingerprint density at radius 2 is 0.702 bits per heavy atom. The lowest BCUT2D eigenvalue weighted by atomic mass is 9.97. The van der Waals surface area contributed by atoms with Gasteiger partial charge in [-0.05, 0) is 122 Å². The van der Waals surface area contributed by atoms with E-state index in [-0.39, 0.29) is 0 Å². The number of benzene rings is 16. The predicted molar refractivity (Wildman–Crippen MR) is 486 cm³/mol. The molecule has 0 fully saturated rings. The molecule has 0 saturated carbocycles. The average molecular weight is 1520 g/mol. The van der Waals surface area contributed by atoms with E-state index in [0.717, 1.165) is 126 Å². The number of furan rings is 1. The standard InChI is InChI=1S/C58H35N3S2.C46H26N2OS2/c1-3-14-36(15-4-1)54-57-55(49-31-29-40(35-53(49)63-57)39-28-30-46-45-22-7-9-26-50(45)61(51(46)34-39)43-20-5-2-6-21-43)60-58(59-54)42-19-12-17-38(33-42)37-16-11-18-41(32-37)44-24-13-25-48-47-23-8-10-27-52(47)62-56(44)48;1-3-19-39-32(11-1)34-14-7-15-35(43(34)49-39)37-17-8-18-38-42-41(51-45(37)38)26-47-46(48-42)30-10-5-9-29(25-30)27-21-23-28(24-22-27)31-13-6-16-36-33-12-2-4-20-40(33)50-44(31)36/h1-35H;1-26H. The third kappa shape index (κ3) is 11.1. The molecule has 0 bridgehead atoms. The predicted octanol–water partition coefficient (Wildman–Crippen LogP) is 30.4. The van der Waals surface area contributed by atoms with E-state index in [1.54, 1.807) is 22.7 Å². The number of fused-ring (bicyclic) bond motifs is 18. The summed E-state index contributed by atoms with van der Waals surface area (Å²) in [5.41, 5.74) is 25.5. The van der Waals surface area contributed by atoms with Crippen LogP contribution in [0.2, 0.25) is 0 Å². The van der Waals surface area contributed by atoms with E-state index in [2.05, 4.69) is 356 Å². The molecule has 114 heavy (non-hydrogen) atoms. The van der Waals surface area contributed by atoms with Crippen LogP contribution in [-0.2, 0) is 0 Å². The average Bonchev–Trinajstić information content (AvgIpc) is 1.60. The van der Waals surface area contributed by atoms with Crippen LogP contribution in [0.1, 0.15) is 0 Å². The van der Waals surface area contributed by atoms with Gasteiger partial charge in [0.15, 0.2) is 11.6 Å². The van der Waals surface area contributed by atoms with E-state index in [1.165, 1.54) is 105 Å². The SMILES string of the molecule is c1cc(-c2ccc(-c3cccc4c3sc3ccccc34)cc2)cc(-c2ncc3sc4c(-c5cccc6c5oc5ccccc56)cccc4c3n2)c1.c1ccc(-c2nc(-c3cccc(-c4cccc(-c5cccc6c5sc5ccccc56)c4)c3)nc3c2sc2cc(-c4ccc5c6ccccc6n(-c6ccccc6)c5c4)ccc23)cc1. The summed E-state index contributed by atoms with van der Waals surface area (Å²) in [4.78, 5) is 20.8. The van der Waals surface area contributed by atoms with Crippen LogP contribution in [0.15, 0.2) is 375 Å². The lowest BCUT2D eigenvalue weighted by molar-refractivity contribution is 0.670. The van der Waals surface area contributed by atoms with Crippen LogP contribution >= 0.6 is 45.3 Å². The maximum Gasteiger partial charge on any atom is 0.160 e. The van der Waals surface area contributed by atoms with Crippen molar-refractivity contribution in [3.63, 3.8) is 0 Å². The zero-order valence-corrected chi connectivity index (χ0v) is 64.3. The molecule has 24 rings (SSSR count). The van der Waals surface area contributed by atoms with Gasteiger partial charge in [-0.3, -0.25) is 0 Å². The highest BCUT2D eigenvalue weighted by molar-refractivity contribution is 7.27. The summed E-state index contributed by atoms with van der Waals surface area (Å²) in [5.74, 6) is 1.44. The Morgan fingerprint density at radius 1 is 0.237 bits per heavy atom. The Bertz CT molecular complexity index is 8000. The second-order valence-electron chi connectivity index (χ2n) is 29.0. The zero-order chi connectivity index (χ0) is 74.9. The lowest BCUT2D eigenvalue weighted by Gasteiger charge is -2.10. The summed E-state index contributed by atoms with van der Waals surface area (Å²) in [5, 5.41) is 12.3. The van der Waals surface area contributed by atoms with Crippen molar-refractivity contribution >= 4 is 170 Å². The van der Waals surface area contributed by atoms with Crippen LogP contribution < -0.4 is 0 Å². The van der Waals surface area contributed by atoms with Crippen LogP contribution in [-0.4, -0.2) is 24.5 Å². The number of para-hydroxylation sites is 4. The maximum absolute atomic E-state index is 6.42. The van der Waals surface area contributed by atoms with Gasteiger partial charge in [-0.25, -0.2) is 19.9 Å². The van der Waals surface area contributed by atoms with Gasteiger partial charge < -0.3 is 8.98 Å². The molecule has 0 aliphatic rings. The number of rotatable bonds is 10. The van der Waals surface area contributed by atoms with Crippen molar-refractivity contribution in [2.24, 2.45) is 0 Å². The summed E-state index contributed by atoms with van der Waals surface area (Å²) < 4.78 is 18.6. The van der Waals surface area contributed by atoms with Crippen molar-refractivity contribution in [2.75, 3.05) is 0 Å². The molecule has 6 nitrogen and oxygen atoms in total. The Balaban J connectivity index is 0.000000138. The summed E-state index contributed by atoms with van der Waals surface area (Å²) >= 11 is 7.25. The van der Waals surface area contributed by atoms with Crippen molar-refractivity contribution in [1.82, 2.24) is 24.5 Å². The van der Waals surface area contributed by atoms with Gasteiger partial charge in [-0.1, -0.05) is 297 Å². The van der Waals surface area contributed by atoms with Crippen molar-refractivity contribution in [1.29, 1.82) is 0 Å². The number of nitrogens with zero attached hydrogens (tertiary/aromatic N) is 5. The van der Waals surface area contributed by atoms with Crippen LogP contribution in [0.25, 0.3) is 231 Å². The fourth-order valence-electron chi connectivity index (χ4n) is 17.0. The van der Waals surface area contributed by atoms with Crippen molar-refractivity contribution < 1.29 is 4.42 Å². The summed E-state index contributed by atoms with van der Waals surface area (Å²) in [6.45, 7) is 0. The van der Waals surface area contributed by atoms with E-state index in [9.17, 15) is 0 Å². The minimum atomic E-state index is 0.720. The highest BCUT2D eigenvalue weighted by atomic mass is 32.1. The molecule has 0 saturated heterocycles. The highest BCUT2D eigenvalue weighted by Crippen LogP contribution is 2.48. The van der Waals surface area contributed by atoms with E-state index in [4.69, 9.17) is 24.4 Å². The molecule has 0 spiro atoms. The molecule has 8 heterocycles. The molecule has 0 unspecified atom stereocenters. The van der Waals surface area contributed by atoms with Gasteiger partial charge in [0.05, 0.1) is 37.2 Å². The van der Waals surface area contributed by atoms with E-state index in [1.807, 2.05) is 41.0 Å². The summed E-state index contributed by atoms with van der Waals surface area (Å²) in [6, 6.07) is 131. The van der Waals surface area contributed by atoms with E-state index >= 15 is 0 Å². The minimum Gasteiger partial charge on any atom is -0.455 e. The highest BCUT2D eigenvalue weighted by Gasteiger charge is 2.23. The first-order valence-electron chi connectivity index (χ1n) is 38.2. The Morgan fingerprint density at radius 3 is 1.43 bits per heavy atom. The zero-order valence-electron chi connectivity index (χ0n) is 61.0. The molecule has 532 valence electrons. The molecule has 0 amide bonds. The number of thiophene rings is 4. The Labute approximate surface area is 670 Å². The fourth-order valence-corrected chi connectivity index (χ4v) is 21.8. The normalized spacial score (nSPS) is 11.9. The third-order valence-corrected chi connectivity index (χ3v) is 27.2. The molecule has 0 aliphatic carbocycles. The van der Waals surface area contributed by atoms with Gasteiger partial charge >= 0.3 is 0 Å². The van der Waals surface area contributed by atoms with Gasteiger partial charge in [-0.2, -0.15) is 0 Å². The maximum atomic E-state index is 6.42. The minimum absolute atomic E-state index is 0.720. The molecule has 24 aromatic rings. The molecular weight excluding hydrogens is 1460 g/mol. The van der Waals surface area contributed by atoms with E-state index < -0.39 is 0 Å². The summed E-state index contributed by atoms with van der Waals surface area (Å²) in [7, 11) is 0. The summed E-state index contributed by atoms with van der Waals surface area (Å²) in [6.07, 6.45) is 1.98. The monoisotopic (exact) mass is 1520 g/mol. The quantitative estimate of drug-likeness (QED) is 0.136. The largest absolute Gasteiger partial charge is 0.455 e. The van der Waals surface area contributed by atoms with Crippen molar-refractivity contribution in [3.05, 3.63) is 370 Å². The first-order valence-corrected chi connectivity index (χ1v) is 41.5. The molecule has 8 aromatic heterocycles. The lowest BCUT2D eigenvalue weighted by Crippen LogP contribution is -1.94. The van der Waals surface area contributed by atoms with Crippen LogP contribution in [0.3, 0.4) is 0 Å². The molecule has 16 aromatic carbocycles. The molecule has 0 N–H and O–H groups in total. The number of hydrogen-bond donors (Lipinski definition) is 0. The van der Waals surface area contributed by atoms with Crippen LogP contribution in [0.4, 0.5) is 0 Å². The molecule has 0 atom stereocenters. The topological polar surface area (TPSA) is 69.6 Å². The second-order valence-corrected chi connectivity index (χ2v) is 33.2. The number of aromatic nitrogens is 5. The molecular formula is C104H61N5OS4. The van der Waals surface area contributed by atoms with Crippen LogP contribution in [0.5, 0.6) is 0 Å². The van der Waals surface area contributed by atoms with Gasteiger partial charge in [0.2, 0.25) is 0 Å². The first kappa shape index (κ1) is 66.0. The van der Waals surface area contributed by atoms with E-state index in [0.29, 0.717) is 0 Å². The van der Waals surface area contributed by atoms with Crippen LogP contribution in [0, 0.1) is 0 Å². The molecule has 10 heteroatoms. The first-order chi connectivity index (χ1) is 56.5. The Kier molecular flexibility index (Phi) is 15.6. The molecule has 0 aliphatic heterocycles. The Hall–Kier alpha value is -13.8. The van der Waals surface area contributed by atoms with Crippen molar-refractivity contribution in [3.8, 4) is 106 Å².